The first-order valence-corrected chi connectivity index (χ1v) is 7.23. The van der Waals surface area contributed by atoms with E-state index in [9.17, 15) is 5.11 Å². The Balaban J connectivity index is 2.45. The van der Waals surface area contributed by atoms with Gasteiger partial charge in [-0.15, -0.1) is 11.3 Å². The van der Waals surface area contributed by atoms with Gasteiger partial charge in [0.25, 0.3) is 0 Å². The molecule has 0 fully saturated rings. The highest BCUT2D eigenvalue weighted by Crippen LogP contribution is 2.33. The van der Waals surface area contributed by atoms with Crippen LogP contribution in [0.1, 0.15) is 22.1 Å². The van der Waals surface area contributed by atoms with Gasteiger partial charge in [0.1, 0.15) is 6.10 Å². The molecule has 1 nitrogen and oxygen atoms in total. The van der Waals surface area contributed by atoms with Crippen molar-refractivity contribution in [3.63, 3.8) is 0 Å². The smallest absolute Gasteiger partial charge is 0.106 e. The molecule has 2 aromatic rings. The topological polar surface area (TPSA) is 20.2 Å². The minimum absolute atomic E-state index is 0.571. The summed E-state index contributed by atoms with van der Waals surface area (Å²) >= 11 is 8.53. The van der Waals surface area contributed by atoms with Crippen molar-refractivity contribution in [3.05, 3.63) is 54.6 Å². The summed E-state index contributed by atoms with van der Waals surface area (Å²) in [6, 6.07) is 7.79. The molecule has 0 aliphatic rings. The predicted molar refractivity (Wildman–Crippen MR) is 75.0 cm³/mol. The maximum absolute atomic E-state index is 10.3. The highest BCUT2D eigenvalue weighted by Gasteiger charge is 2.16. The molecule has 2 rings (SSSR count). The fraction of sp³-hybridized carbons (Fsp3) is 0.167. The van der Waals surface area contributed by atoms with E-state index < -0.39 is 6.10 Å². The molecule has 1 atom stereocenters. The number of aliphatic hydroxyl groups excluding tert-OH is 1. The van der Waals surface area contributed by atoms with Crippen molar-refractivity contribution >= 4 is 43.2 Å². The van der Waals surface area contributed by atoms with Gasteiger partial charge < -0.3 is 5.11 Å². The first-order valence-electron chi connectivity index (χ1n) is 4.76. The van der Waals surface area contributed by atoms with Crippen LogP contribution in [-0.4, -0.2) is 5.11 Å². The van der Waals surface area contributed by atoms with E-state index in [0.717, 1.165) is 24.9 Å². The number of halogens is 2. The van der Waals surface area contributed by atoms with Crippen LogP contribution in [0.5, 0.6) is 0 Å². The summed E-state index contributed by atoms with van der Waals surface area (Å²) in [6.07, 6.45) is -0.571. The molecular weight excluding hydrogens is 352 g/mol. The largest absolute Gasteiger partial charge is 0.384 e. The van der Waals surface area contributed by atoms with Crippen LogP contribution in [0.15, 0.2) is 38.6 Å². The zero-order chi connectivity index (χ0) is 11.7. The van der Waals surface area contributed by atoms with Gasteiger partial charge in [-0.2, -0.15) is 0 Å². The molecule has 0 radical (unpaired) electrons. The van der Waals surface area contributed by atoms with E-state index in [1.807, 2.05) is 36.6 Å². The number of hydrogen-bond acceptors (Lipinski definition) is 2. The Kier molecular flexibility index (Phi) is 3.85. The van der Waals surface area contributed by atoms with E-state index in [1.54, 1.807) is 11.3 Å². The fourth-order valence-electron chi connectivity index (χ4n) is 1.57. The fourth-order valence-corrected chi connectivity index (χ4v) is 3.15. The van der Waals surface area contributed by atoms with E-state index in [2.05, 4.69) is 31.9 Å². The van der Waals surface area contributed by atoms with Crippen molar-refractivity contribution in [2.75, 3.05) is 0 Å². The second kappa shape index (κ2) is 5.00. The molecule has 0 bridgehead atoms. The lowest BCUT2D eigenvalue weighted by Gasteiger charge is -2.13. The summed E-state index contributed by atoms with van der Waals surface area (Å²) in [4.78, 5) is 1.15. The lowest BCUT2D eigenvalue weighted by Crippen LogP contribution is -2.00. The summed E-state index contributed by atoms with van der Waals surface area (Å²) in [5, 5.41) is 12.3. The normalized spacial score (nSPS) is 12.8. The number of thiophene rings is 1. The Morgan fingerprint density at radius 3 is 2.56 bits per heavy atom. The number of rotatable bonds is 2. The first-order chi connectivity index (χ1) is 7.59. The van der Waals surface area contributed by atoms with Crippen LogP contribution in [0.4, 0.5) is 0 Å². The Labute approximate surface area is 115 Å². The second-order valence-corrected chi connectivity index (χ2v) is 6.39. The third kappa shape index (κ3) is 2.40. The third-order valence-corrected chi connectivity index (χ3v) is 4.52. The molecule has 0 saturated heterocycles. The van der Waals surface area contributed by atoms with Gasteiger partial charge in [-0.25, -0.2) is 0 Å². The van der Waals surface area contributed by atoms with E-state index in [4.69, 9.17) is 0 Å². The molecule has 4 heteroatoms. The molecule has 1 aromatic carbocycles. The van der Waals surface area contributed by atoms with Crippen LogP contribution in [0.2, 0.25) is 0 Å². The molecule has 1 N–H and O–H groups in total. The highest BCUT2D eigenvalue weighted by atomic mass is 79.9. The van der Waals surface area contributed by atoms with Gasteiger partial charge in [0.15, 0.2) is 0 Å². The predicted octanol–water partition coefficient (Wildman–Crippen LogP) is 4.66. The quantitative estimate of drug-likeness (QED) is 0.824. The molecule has 1 aromatic heterocycles. The summed E-state index contributed by atoms with van der Waals surface area (Å²) in [6.45, 7) is 2.02. The SMILES string of the molecule is Cc1sccc1C(O)c1cc(Br)ccc1Br. The summed E-state index contributed by atoms with van der Waals surface area (Å²) in [5.74, 6) is 0. The number of aryl methyl sites for hydroxylation is 1. The van der Waals surface area contributed by atoms with Crippen LogP contribution in [0.25, 0.3) is 0 Å². The molecule has 0 saturated carbocycles. The van der Waals surface area contributed by atoms with Crippen LogP contribution in [-0.2, 0) is 0 Å². The Bertz CT molecular complexity index is 507. The lowest BCUT2D eigenvalue weighted by atomic mass is 10.0. The van der Waals surface area contributed by atoms with Crippen molar-refractivity contribution < 1.29 is 5.11 Å². The van der Waals surface area contributed by atoms with E-state index in [1.165, 1.54) is 0 Å². The Morgan fingerprint density at radius 2 is 1.94 bits per heavy atom. The zero-order valence-corrected chi connectivity index (χ0v) is 12.6. The van der Waals surface area contributed by atoms with Gasteiger partial charge in [0, 0.05) is 19.4 Å². The molecule has 0 amide bonds. The summed E-state index contributed by atoms with van der Waals surface area (Å²) in [5.41, 5.74) is 1.86. The molecule has 84 valence electrons. The maximum Gasteiger partial charge on any atom is 0.106 e. The van der Waals surface area contributed by atoms with Crippen molar-refractivity contribution in [2.45, 2.75) is 13.0 Å². The van der Waals surface area contributed by atoms with Crippen LogP contribution in [0.3, 0.4) is 0 Å². The summed E-state index contributed by atoms with van der Waals surface area (Å²) < 4.78 is 1.89. The van der Waals surface area contributed by atoms with Gasteiger partial charge in [0.2, 0.25) is 0 Å². The maximum atomic E-state index is 10.3. The molecule has 0 spiro atoms. The van der Waals surface area contributed by atoms with E-state index in [-0.39, 0.29) is 0 Å². The van der Waals surface area contributed by atoms with Crippen molar-refractivity contribution in [1.29, 1.82) is 0 Å². The molecule has 0 aliphatic carbocycles. The minimum Gasteiger partial charge on any atom is -0.384 e. The van der Waals surface area contributed by atoms with Crippen molar-refractivity contribution in [2.24, 2.45) is 0 Å². The van der Waals surface area contributed by atoms with Gasteiger partial charge in [-0.3, -0.25) is 0 Å². The highest BCUT2D eigenvalue weighted by molar-refractivity contribution is 9.11. The van der Waals surface area contributed by atoms with E-state index >= 15 is 0 Å². The first kappa shape index (κ1) is 12.3. The monoisotopic (exact) mass is 360 g/mol. The second-order valence-electron chi connectivity index (χ2n) is 3.50. The van der Waals surface area contributed by atoms with Gasteiger partial charge in [0.05, 0.1) is 0 Å². The Hall–Kier alpha value is -0.160. The Morgan fingerprint density at radius 1 is 1.19 bits per heavy atom. The number of aliphatic hydroxyl groups is 1. The lowest BCUT2D eigenvalue weighted by molar-refractivity contribution is 0.219. The summed E-state index contributed by atoms with van der Waals surface area (Å²) in [7, 11) is 0. The van der Waals surface area contributed by atoms with Crippen LogP contribution < -0.4 is 0 Å². The average molecular weight is 362 g/mol. The van der Waals surface area contributed by atoms with Crippen molar-refractivity contribution in [1.82, 2.24) is 0 Å². The standard InChI is InChI=1S/C12H10Br2OS/c1-7-9(4-5-16-7)12(15)10-6-8(13)2-3-11(10)14/h2-6,12,15H,1H3. The van der Waals surface area contributed by atoms with Crippen LogP contribution >= 0.6 is 43.2 Å². The average Bonchev–Trinajstić information content (AvgIpc) is 2.67. The molecule has 16 heavy (non-hydrogen) atoms. The van der Waals surface area contributed by atoms with Crippen molar-refractivity contribution in [3.8, 4) is 0 Å². The van der Waals surface area contributed by atoms with E-state index in [0.29, 0.717) is 0 Å². The van der Waals surface area contributed by atoms with Gasteiger partial charge in [-0.1, -0.05) is 31.9 Å². The van der Waals surface area contributed by atoms with Gasteiger partial charge in [-0.05, 0) is 42.1 Å². The minimum atomic E-state index is -0.571. The number of benzene rings is 1. The molecule has 1 unspecified atom stereocenters. The molecular formula is C12H10Br2OS. The van der Waals surface area contributed by atoms with Gasteiger partial charge >= 0.3 is 0 Å². The van der Waals surface area contributed by atoms with Crippen LogP contribution in [0, 0.1) is 6.92 Å². The number of hydrogen-bond donors (Lipinski definition) is 1. The zero-order valence-electron chi connectivity index (χ0n) is 8.58. The third-order valence-electron chi connectivity index (χ3n) is 2.45. The molecule has 1 heterocycles. The molecule has 0 aliphatic heterocycles.